The minimum absolute atomic E-state index is 0.00305. The van der Waals surface area contributed by atoms with Crippen molar-refractivity contribution >= 4 is 29.2 Å². The Kier molecular flexibility index (Phi) is 5.45. The first-order chi connectivity index (χ1) is 14.4. The first-order valence-corrected chi connectivity index (χ1v) is 10.6. The number of carbonyl (C=O) groups excluding carboxylic acids is 1. The van der Waals surface area contributed by atoms with Gasteiger partial charge < -0.3 is 10.1 Å². The summed E-state index contributed by atoms with van der Waals surface area (Å²) in [5, 5.41) is 18.5. The van der Waals surface area contributed by atoms with E-state index in [-0.39, 0.29) is 17.7 Å². The number of nitrogens with one attached hydrogen (secondary N) is 1. The average Bonchev–Trinajstić information content (AvgIpc) is 3.31. The third-order valence-electron chi connectivity index (χ3n) is 4.58. The normalized spacial score (nSPS) is 12.6. The highest BCUT2D eigenvalue weighted by Gasteiger charge is 2.25. The number of ether oxygens (including phenoxy) is 1. The highest BCUT2D eigenvalue weighted by molar-refractivity contribution is 7.98. The van der Waals surface area contributed by atoms with Crippen molar-refractivity contribution in [1.29, 1.82) is 0 Å². The number of non-ortho nitro benzene ring substituents is 1. The van der Waals surface area contributed by atoms with Crippen LogP contribution in [0.5, 0.6) is 5.75 Å². The quantitative estimate of drug-likeness (QED) is 0.460. The molecule has 1 aliphatic heterocycles. The van der Waals surface area contributed by atoms with Crippen LogP contribution in [0.3, 0.4) is 0 Å². The summed E-state index contributed by atoms with van der Waals surface area (Å²) >= 11 is 1.73. The highest BCUT2D eigenvalue weighted by Crippen LogP contribution is 2.36. The van der Waals surface area contributed by atoms with E-state index in [1.54, 1.807) is 52.8 Å². The van der Waals surface area contributed by atoms with Crippen LogP contribution in [0.1, 0.15) is 35.5 Å². The Morgan fingerprint density at radius 2 is 1.87 bits per heavy atom. The molecule has 0 atom stereocenters. The van der Waals surface area contributed by atoms with Gasteiger partial charge in [-0.25, -0.2) is 4.68 Å². The van der Waals surface area contributed by atoms with Crippen LogP contribution in [0.25, 0.3) is 5.69 Å². The molecule has 1 aromatic heterocycles. The van der Waals surface area contributed by atoms with Gasteiger partial charge in [-0.3, -0.25) is 14.9 Å². The number of carbonyl (C=O) groups is 1. The van der Waals surface area contributed by atoms with Crippen molar-refractivity contribution in [1.82, 2.24) is 9.78 Å². The lowest BCUT2D eigenvalue weighted by molar-refractivity contribution is -0.384. The lowest BCUT2D eigenvalue weighted by atomic mass is 10.2. The van der Waals surface area contributed by atoms with Crippen LogP contribution in [0, 0.1) is 10.1 Å². The molecule has 0 bridgehead atoms. The van der Waals surface area contributed by atoms with E-state index in [9.17, 15) is 14.9 Å². The number of nitro groups is 1. The fraction of sp³-hybridized carbons (Fsp3) is 0.238. The second-order valence-corrected chi connectivity index (χ2v) is 8.08. The van der Waals surface area contributed by atoms with Gasteiger partial charge in [0.25, 0.3) is 11.6 Å². The summed E-state index contributed by atoms with van der Waals surface area (Å²) in [6.45, 7) is 3.89. The van der Waals surface area contributed by atoms with Gasteiger partial charge >= 0.3 is 0 Å². The number of aromatic nitrogens is 2. The summed E-state index contributed by atoms with van der Waals surface area (Å²) in [5.41, 5.74) is 3.04. The van der Waals surface area contributed by atoms with Gasteiger partial charge in [0.1, 0.15) is 11.6 Å². The Hall–Kier alpha value is -3.33. The maximum absolute atomic E-state index is 12.9. The molecule has 1 amide bonds. The van der Waals surface area contributed by atoms with E-state index in [0.29, 0.717) is 22.8 Å². The van der Waals surface area contributed by atoms with E-state index in [1.807, 2.05) is 13.8 Å². The average molecular weight is 424 g/mol. The molecule has 0 unspecified atom stereocenters. The number of hydrogen-bond donors (Lipinski definition) is 1. The largest absolute Gasteiger partial charge is 0.491 e. The number of anilines is 1. The highest BCUT2D eigenvalue weighted by atomic mass is 32.2. The Bertz CT molecular complexity index is 1090. The topological polar surface area (TPSA) is 99.3 Å². The Labute approximate surface area is 177 Å². The summed E-state index contributed by atoms with van der Waals surface area (Å²) in [6, 6.07) is 13.1. The Balaban J connectivity index is 1.62. The minimum atomic E-state index is -0.446. The van der Waals surface area contributed by atoms with Crippen LogP contribution in [-0.4, -0.2) is 26.7 Å². The van der Waals surface area contributed by atoms with E-state index >= 15 is 0 Å². The molecule has 0 radical (unpaired) electrons. The molecule has 0 saturated carbocycles. The van der Waals surface area contributed by atoms with Crippen molar-refractivity contribution in [3.63, 3.8) is 0 Å². The van der Waals surface area contributed by atoms with Crippen molar-refractivity contribution in [3.8, 4) is 11.4 Å². The molecule has 0 aliphatic carbocycles. The van der Waals surface area contributed by atoms with Gasteiger partial charge in [0, 0.05) is 34.8 Å². The number of benzene rings is 2. The van der Waals surface area contributed by atoms with Crippen LogP contribution < -0.4 is 10.1 Å². The first-order valence-electron chi connectivity index (χ1n) is 9.44. The summed E-state index contributed by atoms with van der Waals surface area (Å²) in [4.78, 5) is 23.4. The Morgan fingerprint density at radius 1 is 1.17 bits per heavy atom. The zero-order chi connectivity index (χ0) is 21.3. The van der Waals surface area contributed by atoms with Crippen molar-refractivity contribution < 1.29 is 14.5 Å². The molecule has 0 saturated heterocycles. The number of thioether (sulfide) groups is 1. The molecule has 1 aliphatic rings. The van der Waals surface area contributed by atoms with Crippen molar-refractivity contribution in [2.24, 2.45) is 0 Å². The van der Waals surface area contributed by atoms with Gasteiger partial charge in [0.2, 0.25) is 0 Å². The number of amides is 1. The minimum Gasteiger partial charge on any atom is -0.491 e. The monoisotopic (exact) mass is 424 g/mol. The number of rotatable bonds is 6. The van der Waals surface area contributed by atoms with Gasteiger partial charge in [-0.15, -0.1) is 0 Å². The molecule has 9 heteroatoms. The molecule has 30 heavy (non-hydrogen) atoms. The lowest BCUT2D eigenvalue weighted by Crippen LogP contribution is -2.16. The van der Waals surface area contributed by atoms with Crippen LogP contribution >= 0.6 is 11.8 Å². The van der Waals surface area contributed by atoms with Gasteiger partial charge in [-0.05, 0) is 50.2 Å². The summed E-state index contributed by atoms with van der Waals surface area (Å²) in [5.74, 6) is 2.55. The third-order valence-corrected chi connectivity index (χ3v) is 5.55. The zero-order valence-electron chi connectivity index (χ0n) is 16.5. The van der Waals surface area contributed by atoms with Crippen molar-refractivity contribution in [2.45, 2.75) is 31.5 Å². The smallest absolute Gasteiger partial charge is 0.269 e. The summed E-state index contributed by atoms with van der Waals surface area (Å²) < 4.78 is 7.26. The van der Waals surface area contributed by atoms with Crippen LogP contribution in [0.2, 0.25) is 0 Å². The molecule has 154 valence electrons. The van der Waals surface area contributed by atoms with Crippen LogP contribution in [-0.2, 0) is 11.5 Å². The molecular formula is C21H20N4O4S. The number of nitro benzene ring substituents is 1. The van der Waals surface area contributed by atoms with Crippen molar-refractivity contribution in [3.05, 3.63) is 75.5 Å². The molecule has 2 heterocycles. The maximum atomic E-state index is 12.9. The predicted molar refractivity (Wildman–Crippen MR) is 115 cm³/mol. The first kappa shape index (κ1) is 20.0. The van der Waals surface area contributed by atoms with Crippen molar-refractivity contribution in [2.75, 3.05) is 5.32 Å². The molecular weight excluding hydrogens is 404 g/mol. The van der Waals surface area contributed by atoms with E-state index in [4.69, 9.17) is 4.74 Å². The molecule has 0 fully saturated rings. The summed E-state index contributed by atoms with van der Waals surface area (Å²) in [7, 11) is 0. The fourth-order valence-electron chi connectivity index (χ4n) is 3.18. The molecule has 3 aromatic rings. The van der Waals surface area contributed by atoms with Gasteiger partial charge in [-0.1, -0.05) is 0 Å². The molecule has 2 aromatic carbocycles. The van der Waals surface area contributed by atoms with Gasteiger partial charge in [0.15, 0.2) is 0 Å². The van der Waals surface area contributed by atoms with Gasteiger partial charge in [-0.2, -0.15) is 16.9 Å². The van der Waals surface area contributed by atoms with Crippen LogP contribution in [0.4, 0.5) is 11.5 Å². The van der Waals surface area contributed by atoms with E-state index in [1.165, 1.54) is 12.1 Å². The van der Waals surface area contributed by atoms with E-state index < -0.39 is 4.92 Å². The SMILES string of the molecule is CC(C)Oc1ccc(C(=O)Nc2c3c(nn2-c2ccc([N+](=O)[O-])cc2)CSC3)cc1. The molecule has 0 spiro atoms. The number of fused-ring (bicyclic) bond motifs is 1. The second kappa shape index (κ2) is 8.19. The number of nitrogens with zero attached hydrogens (tertiary/aromatic N) is 3. The fourth-order valence-corrected chi connectivity index (χ4v) is 4.22. The lowest BCUT2D eigenvalue weighted by Gasteiger charge is -2.12. The number of hydrogen-bond acceptors (Lipinski definition) is 6. The Morgan fingerprint density at radius 3 is 2.50 bits per heavy atom. The van der Waals surface area contributed by atoms with E-state index in [2.05, 4.69) is 10.4 Å². The predicted octanol–water partition coefficient (Wildman–Crippen LogP) is 4.57. The molecule has 8 nitrogen and oxygen atoms in total. The van der Waals surface area contributed by atoms with E-state index in [0.717, 1.165) is 22.8 Å². The third kappa shape index (κ3) is 4.02. The zero-order valence-corrected chi connectivity index (χ0v) is 17.3. The summed E-state index contributed by atoms with van der Waals surface area (Å²) in [6.07, 6.45) is 0.0563. The molecule has 4 rings (SSSR count). The van der Waals surface area contributed by atoms with Gasteiger partial charge in [0.05, 0.1) is 22.4 Å². The van der Waals surface area contributed by atoms with Crippen LogP contribution in [0.15, 0.2) is 48.5 Å². The molecule has 1 N–H and O–H groups in total. The maximum Gasteiger partial charge on any atom is 0.269 e. The standard InChI is InChI=1S/C21H20N4O4S/c1-13(2)29-17-9-3-14(4-10-17)21(26)22-20-18-11-30-12-19(18)23-24(20)15-5-7-16(8-6-15)25(27)28/h3-10,13H,11-12H2,1-2H3,(H,22,26). The second-order valence-electron chi connectivity index (χ2n) is 7.10.